The summed E-state index contributed by atoms with van der Waals surface area (Å²) in [6.45, 7) is 3.70. The third-order valence-electron chi connectivity index (χ3n) is 3.09. The summed E-state index contributed by atoms with van der Waals surface area (Å²) in [6, 6.07) is 14.4. The predicted molar refractivity (Wildman–Crippen MR) is 82.8 cm³/mol. The van der Waals surface area contributed by atoms with Crippen molar-refractivity contribution in [2.45, 2.75) is 6.42 Å². The molecule has 0 saturated heterocycles. The summed E-state index contributed by atoms with van der Waals surface area (Å²) in [5.41, 5.74) is 1.54. The Hall–Kier alpha value is -3.24. The highest BCUT2D eigenvalue weighted by molar-refractivity contribution is 5.56. The van der Waals surface area contributed by atoms with Gasteiger partial charge in [0, 0.05) is 0 Å². The highest BCUT2D eigenvalue weighted by Gasteiger charge is 2.12. The fourth-order valence-electron chi connectivity index (χ4n) is 2.03. The Labute approximate surface area is 129 Å². The van der Waals surface area contributed by atoms with Crippen molar-refractivity contribution in [3.8, 4) is 29.4 Å². The monoisotopic (exact) mass is 290 g/mol. The molecule has 0 atom stereocenters. The van der Waals surface area contributed by atoms with Crippen molar-refractivity contribution in [3.63, 3.8) is 0 Å². The van der Waals surface area contributed by atoms with Gasteiger partial charge in [-0.15, -0.1) is 6.58 Å². The standard InChI is InChI=1S/C18H14N2O2/c1-3-5-13-8-9-17(18(10-13)21-2)22-16-7-4-6-14(11-19)15(16)12-20/h3-4,6-10H,1,5H2,2H3. The van der Waals surface area contributed by atoms with Gasteiger partial charge < -0.3 is 9.47 Å². The van der Waals surface area contributed by atoms with Crippen molar-refractivity contribution in [2.75, 3.05) is 7.11 Å². The third kappa shape index (κ3) is 3.08. The largest absolute Gasteiger partial charge is 0.493 e. The lowest BCUT2D eigenvalue weighted by atomic mass is 10.1. The summed E-state index contributed by atoms with van der Waals surface area (Å²) in [4.78, 5) is 0. The molecule has 0 radical (unpaired) electrons. The van der Waals surface area contributed by atoms with E-state index in [1.165, 1.54) is 0 Å². The van der Waals surface area contributed by atoms with Gasteiger partial charge in [-0.2, -0.15) is 10.5 Å². The first-order chi connectivity index (χ1) is 10.7. The molecule has 0 aromatic heterocycles. The van der Waals surface area contributed by atoms with Gasteiger partial charge in [-0.05, 0) is 36.2 Å². The molecule has 0 N–H and O–H groups in total. The molecule has 2 aromatic rings. The molecule has 108 valence electrons. The number of hydrogen-bond donors (Lipinski definition) is 0. The Balaban J connectivity index is 2.42. The second kappa shape index (κ2) is 6.97. The molecule has 0 fully saturated rings. The Morgan fingerprint density at radius 3 is 2.55 bits per heavy atom. The highest BCUT2D eigenvalue weighted by atomic mass is 16.5. The van der Waals surface area contributed by atoms with Crippen LogP contribution in [-0.2, 0) is 6.42 Å². The van der Waals surface area contributed by atoms with Crippen LogP contribution in [0.3, 0.4) is 0 Å². The zero-order valence-electron chi connectivity index (χ0n) is 12.2. The van der Waals surface area contributed by atoms with Gasteiger partial charge in [0.1, 0.15) is 23.5 Å². The van der Waals surface area contributed by atoms with E-state index in [-0.39, 0.29) is 11.1 Å². The van der Waals surface area contributed by atoms with Gasteiger partial charge in [0.05, 0.1) is 12.7 Å². The molecule has 4 heteroatoms. The van der Waals surface area contributed by atoms with Crippen LogP contribution in [0.1, 0.15) is 16.7 Å². The second-order valence-electron chi connectivity index (χ2n) is 4.48. The second-order valence-corrected chi connectivity index (χ2v) is 4.48. The zero-order valence-corrected chi connectivity index (χ0v) is 12.2. The lowest BCUT2D eigenvalue weighted by Gasteiger charge is -2.12. The van der Waals surface area contributed by atoms with Gasteiger partial charge in [0.25, 0.3) is 0 Å². The first-order valence-corrected chi connectivity index (χ1v) is 6.62. The molecular weight excluding hydrogens is 276 g/mol. The van der Waals surface area contributed by atoms with E-state index in [2.05, 4.69) is 6.58 Å². The lowest BCUT2D eigenvalue weighted by molar-refractivity contribution is 0.378. The summed E-state index contributed by atoms with van der Waals surface area (Å²) in [7, 11) is 1.55. The maximum absolute atomic E-state index is 9.23. The number of nitrogens with zero attached hydrogens (tertiary/aromatic N) is 2. The van der Waals surface area contributed by atoms with Crippen molar-refractivity contribution in [1.82, 2.24) is 0 Å². The molecule has 0 amide bonds. The van der Waals surface area contributed by atoms with Crippen LogP contribution in [0.4, 0.5) is 0 Å². The number of rotatable bonds is 5. The van der Waals surface area contributed by atoms with E-state index in [4.69, 9.17) is 14.7 Å². The van der Waals surface area contributed by atoms with E-state index in [0.717, 1.165) is 12.0 Å². The van der Waals surface area contributed by atoms with E-state index in [9.17, 15) is 5.26 Å². The third-order valence-corrected chi connectivity index (χ3v) is 3.09. The van der Waals surface area contributed by atoms with Crippen LogP contribution in [0.25, 0.3) is 0 Å². The smallest absolute Gasteiger partial charge is 0.169 e. The van der Waals surface area contributed by atoms with E-state index >= 15 is 0 Å². The van der Waals surface area contributed by atoms with E-state index in [0.29, 0.717) is 17.2 Å². The highest BCUT2D eigenvalue weighted by Crippen LogP contribution is 2.34. The van der Waals surface area contributed by atoms with Gasteiger partial charge >= 0.3 is 0 Å². The molecule has 22 heavy (non-hydrogen) atoms. The summed E-state index contributed by atoms with van der Waals surface area (Å²) in [5, 5.41) is 18.3. The van der Waals surface area contributed by atoms with E-state index < -0.39 is 0 Å². The summed E-state index contributed by atoms with van der Waals surface area (Å²) >= 11 is 0. The van der Waals surface area contributed by atoms with Crippen molar-refractivity contribution in [2.24, 2.45) is 0 Å². The number of methoxy groups -OCH3 is 1. The molecule has 2 aromatic carbocycles. The van der Waals surface area contributed by atoms with Gasteiger partial charge in [0.15, 0.2) is 11.5 Å². The Morgan fingerprint density at radius 1 is 1.09 bits per heavy atom. The van der Waals surface area contributed by atoms with Crippen LogP contribution in [0.5, 0.6) is 17.2 Å². The zero-order chi connectivity index (χ0) is 15.9. The van der Waals surface area contributed by atoms with Gasteiger partial charge in [0.2, 0.25) is 0 Å². The maximum atomic E-state index is 9.23. The minimum atomic E-state index is 0.210. The minimum Gasteiger partial charge on any atom is -0.493 e. The predicted octanol–water partition coefficient (Wildman–Crippen LogP) is 3.96. The van der Waals surface area contributed by atoms with E-state index in [1.54, 1.807) is 37.5 Å². The fraction of sp³-hybridized carbons (Fsp3) is 0.111. The number of benzene rings is 2. The molecule has 0 spiro atoms. The molecule has 0 heterocycles. The quantitative estimate of drug-likeness (QED) is 0.782. The van der Waals surface area contributed by atoms with Crippen LogP contribution < -0.4 is 9.47 Å². The first-order valence-electron chi connectivity index (χ1n) is 6.62. The van der Waals surface area contributed by atoms with E-state index in [1.807, 2.05) is 24.3 Å². The van der Waals surface area contributed by atoms with Crippen LogP contribution >= 0.6 is 0 Å². The van der Waals surface area contributed by atoms with Crippen molar-refractivity contribution < 1.29 is 9.47 Å². The SMILES string of the molecule is C=CCc1ccc(Oc2cccc(C#N)c2C#N)c(OC)c1. The van der Waals surface area contributed by atoms with Crippen molar-refractivity contribution >= 4 is 0 Å². The molecule has 0 aliphatic carbocycles. The normalized spacial score (nSPS) is 9.41. The first kappa shape index (κ1) is 15.2. The molecule has 0 unspecified atom stereocenters. The Morgan fingerprint density at radius 2 is 1.91 bits per heavy atom. The van der Waals surface area contributed by atoms with Crippen LogP contribution in [0.15, 0.2) is 49.1 Å². The molecule has 4 nitrogen and oxygen atoms in total. The van der Waals surface area contributed by atoms with Crippen LogP contribution in [0, 0.1) is 22.7 Å². The number of nitriles is 2. The number of ether oxygens (including phenoxy) is 2. The van der Waals surface area contributed by atoms with Gasteiger partial charge in [-0.3, -0.25) is 0 Å². The number of allylic oxidation sites excluding steroid dienone is 1. The minimum absolute atomic E-state index is 0.210. The van der Waals surface area contributed by atoms with Gasteiger partial charge in [-0.1, -0.05) is 18.2 Å². The van der Waals surface area contributed by atoms with Crippen LogP contribution in [-0.4, -0.2) is 7.11 Å². The molecule has 2 rings (SSSR count). The molecule has 0 saturated carbocycles. The summed E-state index contributed by atoms with van der Waals surface area (Å²) in [6.07, 6.45) is 2.53. The Bertz CT molecular complexity index is 783. The summed E-state index contributed by atoms with van der Waals surface area (Å²) < 4.78 is 11.1. The lowest BCUT2D eigenvalue weighted by Crippen LogP contribution is -1.95. The van der Waals surface area contributed by atoms with Crippen molar-refractivity contribution in [3.05, 3.63) is 65.7 Å². The summed E-state index contributed by atoms with van der Waals surface area (Å²) in [5.74, 6) is 1.38. The molecule has 0 aliphatic heterocycles. The molecular formula is C18H14N2O2. The number of hydrogen-bond acceptors (Lipinski definition) is 4. The molecule has 0 bridgehead atoms. The fourth-order valence-corrected chi connectivity index (χ4v) is 2.03. The average Bonchev–Trinajstić information content (AvgIpc) is 2.56. The van der Waals surface area contributed by atoms with Gasteiger partial charge in [-0.25, -0.2) is 0 Å². The topological polar surface area (TPSA) is 66.0 Å². The molecule has 0 aliphatic rings. The van der Waals surface area contributed by atoms with Crippen LogP contribution in [0.2, 0.25) is 0 Å². The van der Waals surface area contributed by atoms with Crippen molar-refractivity contribution in [1.29, 1.82) is 10.5 Å². The average molecular weight is 290 g/mol. The maximum Gasteiger partial charge on any atom is 0.169 e. The Kier molecular flexibility index (Phi) is 4.80.